The van der Waals surface area contributed by atoms with Gasteiger partial charge in [0.25, 0.3) is 0 Å². The molecule has 0 atom stereocenters. The van der Waals surface area contributed by atoms with E-state index in [0.29, 0.717) is 6.54 Å². The fourth-order valence-corrected chi connectivity index (χ4v) is 2.05. The van der Waals surface area contributed by atoms with Crippen LogP contribution in [0.2, 0.25) is 0 Å². The number of hydrazine groups is 1. The molecule has 0 aliphatic heterocycles. The van der Waals surface area contributed by atoms with Crippen LogP contribution >= 0.6 is 12.2 Å². The second-order valence-corrected chi connectivity index (χ2v) is 5.42. The van der Waals surface area contributed by atoms with E-state index in [-0.39, 0.29) is 23.3 Å². The van der Waals surface area contributed by atoms with Crippen molar-refractivity contribution in [1.82, 2.24) is 16.2 Å². The van der Waals surface area contributed by atoms with Gasteiger partial charge in [-0.1, -0.05) is 24.3 Å². The Morgan fingerprint density at radius 1 is 1.04 bits per heavy atom. The standard InChI is InChI=1S/C17H18FN3O2S/c1-23-15-8-4-12(5-9-15)10-16(22)20-21-17(24)19-11-13-2-6-14(18)7-3-13/h2-9H,10-11H2,1H3,(H,20,22)(H2,19,21,24). The number of nitrogens with one attached hydrogen (secondary N) is 3. The molecule has 1 amide bonds. The molecule has 2 aromatic carbocycles. The molecule has 0 aromatic heterocycles. The average Bonchev–Trinajstić information content (AvgIpc) is 2.60. The van der Waals surface area contributed by atoms with E-state index in [1.54, 1.807) is 31.4 Å². The van der Waals surface area contributed by atoms with Gasteiger partial charge in [0.05, 0.1) is 13.5 Å². The van der Waals surface area contributed by atoms with E-state index < -0.39 is 0 Å². The maximum atomic E-state index is 12.8. The van der Waals surface area contributed by atoms with E-state index in [9.17, 15) is 9.18 Å². The van der Waals surface area contributed by atoms with Gasteiger partial charge in [0.1, 0.15) is 11.6 Å². The van der Waals surface area contributed by atoms with Gasteiger partial charge in [-0.2, -0.15) is 0 Å². The Labute approximate surface area is 145 Å². The minimum Gasteiger partial charge on any atom is -0.497 e. The normalized spacial score (nSPS) is 9.92. The monoisotopic (exact) mass is 347 g/mol. The number of benzene rings is 2. The van der Waals surface area contributed by atoms with Gasteiger partial charge in [-0.05, 0) is 47.6 Å². The molecule has 0 unspecified atom stereocenters. The lowest BCUT2D eigenvalue weighted by Crippen LogP contribution is -2.47. The Morgan fingerprint density at radius 2 is 1.67 bits per heavy atom. The van der Waals surface area contributed by atoms with Gasteiger partial charge in [-0.15, -0.1) is 0 Å². The summed E-state index contributed by atoms with van der Waals surface area (Å²) >= 11 is 5.07. The Balaban J connectivity index is 1.70. The molecular formula is C17H18FN3O2S. The lowest BCUT2D eigenvalue weighted by molar-refractivity contribution is -0.121. The summed E-state index contributed by atoms with van der Waals surface area (Å²) in [5, 5.41) is 3.20. The summed E-state index contributed by atoms with van der Waals surface area (Å²) in [4.78, 5) is 11.8. The maximum absolute atomic E-state index is 12.8. The molecule has 0 heterocycles. The molecule has 126 valence electrons. The Morgan fingerprint density at radius 3 is 2.29 bits per heavy atom. The maximum Gasteiger partial charge on any atom is 0.242 e. The summed E-state index contributed by atoms with van der Waals surface area (Å²) in [5.41, 5.74) is 6.89. The van der Waals surface area contributed by atoms with Crippen LogP contribution in [0.4, 0.5) is 4.39 Å². The predicted molar refractivity (Wildman–Crippen MR) is 93.8 cm³/mol. The van der Waals surface area contributed by atoms with Crippen LogP contribution in [0, 0.1) is 5.82 Å². The highest BCUT2D eigenvalue weighted by Gasteiger charge is 2.04. The minimum atomic E-state index is -0.287. The van der Waals surface area contributed by atoms with Crippen molar-refractivity contribution in [3.8, 4) is 5.75 Å². The van der Waals surface area contributed by atoms with Gasteiger partial charge in [-0.25, -0.2) is 4.39 Å². The molecule has 0 aliphatic rings. The first kappa shape index (κ1) is 17.7. The molecule has 2 rings (SSSR count). The Hall–Kier alpha value is -2.67. The van der Waals surface area contributed by atoms with Gasteiger partial charge >= 0.3 is 0 Å². The van der Waals surface area contributed by atoms with Crippen LogP contribution in [0.15, 0.2) is 48.5 Å². The number of amides is 1. The number of ether oxygens (including phenoxy) is 1. The first-order valence-corrected chi connectivity index (χ1v) is 7.67. The average molecular weight is 347 g/mol. The first-order valence-electron chi connectivity index (χ1n) is 7.27. The van der Waals surface area contributed by atoms with Gasteiger partial charge in [0.15, 0.2) is 5.11 Å². The van der Waals surface area contributed by atoms with Gasteiger partial charge in [-0.3, -0.25) is 15.6 Å². The van der Waals surface area contributed by atoms with Crippen LogP contribution in [0.1, 0.15) is 11.1 Å². The molecule has 7 heteroatoms. The van der Waals surface area contributed by atoms with E-state index in [1.807, 2.05) is 12.1 Å². The van der Waals surface area contributed by atoms with E-state index in [0.717, 1.165) is 16.9 Å². The number of carbonyl (C=O) groups is 1. The van der Waals surface area contributed by atoms with Crippen LogP contribution in [-0.4, -0.2) is 18.1 Å². The lowest BCUT2D eigenvalue weighted by atomic mass is 10.1. The topological polar surface area (TPSA) is 62.4 Å². The summed E-state index contributed by atoms with van der Waals surface area (Å²) < 4.78 is 17.9. The third-order valence-corrected chi connectivity index (χ3v) is 3.45. The second kappa shape index (κ2) is 8.83. The van der Waals surface area contributed by atoms with Crippen molar-refractivity contribution in [2.24, 2.45) is 0 Å². The third kappa shape index (κ3) is 5.85. The highest BCUT2D eigenvalue weighted by Crippen LogP contribution is 2.11. The molecule has 0 saturated heterocycles. The van der Waals surface area contributed by atoms with Crippen molar-refractivity contribution < 1.29 is 13.9 Å². The van der Waals surface area contributed by atoms with Crippen LogP contribution in [0.3, 0.4) is 0 Å². The summed E-state index contributed by atoms with van der Waals surface area (Å²) in [6, 6.07) is 13.3. The number of thiocarbonyl (C=S) groups is 1. The molecule has 2 aromatic rings. The molecule has 0 saturated carbocycles. The molecule has 0 spiro atoms. The van der Waals surface area contributed by atoms with Crippen molar-refractivity contribution in [3.63, 3.8) is 0 Å². The number of rotatable bonds is 5. The fraction of sp³-hybridized carbons (Fsp3) is 0.176. The predicted octanol–water partition coefficient (Wildman–Crippen LogP) is 2.07. The minimum absolute atomic E-state index is 0.217. The number of halogens is 1. The summed E-state index contributed by atoms with van der Waals surface area (Å²) in [6.45, 7) is 0.431. The zero-order chi connectivity index (χ0) is 17.4. The molecule has 0 aliphatic carbocycles. The first-order chi connectivity index (χ1) is 11.6. The van der Waals surface area contributed by atoms with E-state index >= 15 is 0 Å². The lowest BCUT2D eigenvalue weighted by Gasteiger charge is -2.12. The molecule has 0 bridgehead atoms. The number of carbonyl (C=O) groups excluding carboxylic acids is 1. The largest absolute Gasteiger partial charge is 0.497 e. The Bertz CT molecular complexity index is 690. The van der Waals surface area contributed by atoms with Crippen molar-refractivity contribution in [2.45, 2.75) is 13.0 Å². The van der Waals surface area contributed by atoms with Crippen molar-refractivity contribution in [2.75, 3.05) is 7.11 Å². The number of methoxy groups -OCH3 is 1. The van der Waals surface area contributed by atoms with E-state index in [2.05, 4.69) is 16.2 Å². The molecule has 24 heavy (non-hydrogen) atoms. The molecule has 0 radical (unpaired) electrons. The quantitative estimate of drug-likeness (QED) is 0.571. The summed E-state index contributed by atoms with van der Waals surface area (Å²) in [7, 11) is 1.59. The van der Waals surface area contributed by atoms with Gasteiger partial charge in [0, 0.05) is 6.54 Å². The van der Waals surface area contributed by atoms with Crippen LogP contribution in [0.5, 0.6) is 5.75 Å². The van der Waals surface area contributed by atoms with Gasteiger partial charge < -0.3 is 10.1 Å². The third-order valence-electron chi connectivity index (χ3n) is 3.21. The Kier molecular flexibility index (Phi) is 6.51. The summed E-state index contributed by atoms with van der Waals surface area (Å²) in [5.74, 6) is 0.236. The highest BCUT2D eigenvalue weighted by molar-refractivity contribution is 7.80. The van der Waals surface area contributed by atoms with Crippen LogP contribution in [-0.2, 0) is 17.8 Å². The smallest absolute Gasteiger partial charge is 0.242 e. The fourth-order valence-electron chi connectivity index (χ4n) is 1.93. The zero-order valence-corrected chi connectivity index (χ0v) is 14.0. The molecule has 5 nitrogen and oxygen atoms in total. The second-order valence-electron chi connectivity index (χ2n) is 5.01. The van der Waals surface area contributed by atoms with Crippen molar-refractivity contribution in [1.29, 1.82) is 0 Å². The van der Waals surface area contributed by atoms with E-state index in [1.165, 1.54) is 12.1 Å². The SMILES string of the molecule is COc1ccc(CC(=O)NNC(=S)NCc2ccc(F)cc2)cc1. The van der Waals surface area contributed by atoms with Crippen LogP contribution < -0.4 is 20.9 Å². The molecule has 0 fully saturated rings. The van der Waals surface area contributed by atoms with E-state index in [4.69, 9.17) is 17.0 Å². The van der Waals surface area contributed by atoms with Crippen molar-refractivity contribution in [3.05, 3.63) is 65.5 Å². The number of hydrogen-bond donors (Lipinski definition) is 3. The molecule has 3 N–H and O–H groups in total. The van der Waals surface area contributed by atoms with Crippen molar-refractivity contribution >= 4 is 23.2 Å². The molecular weight excluding hydrogens is 329 g/mol. The summed E-state index contributed by atoms with van der Waals surface area (Å²) in [6.07, 6.45) is 0.220. The van der Waals surface area contributed by atoms with Crippen LogP contribution in [0.25, 0.3) is 0 Å². The highest BCUT2D eigenvalue weighted by atomic mass is 32.1. The number of hydrogen-bond acceptors (Lipinski definition) is 3. The zero-order valence-electron chi connectivity index (χ0n) is 13.1. The van der Waals surface area contributed by atoms with Gasteiger partial charge in [0.2, 0.25) is 5.91 Å².